The van der Waals surface area contributed by atoms with Gasteiger partial charge >= 0.3 is 5.97 Å². The Morgan fingerprint density at radius 3 is 2.79 bits per heavy atom. The van der Waals surface area contributed by atoms with Crippen LogP contribution in [0.2, 0.25) is 5.02 Å². The normalized spacial score (nSPS) is 17.5. The van der Waals surface area contributed by atoms with Crippen molar-refractivity contribution < 1.29 is 14.3 Å². The van der Waals surface area contributed by atoms with Gasteiger partial charge in [0.05, 0.1) is 5.57 Å². The number of aromatic nitrogens is 2. The van der Waals surface area contributed by atoms with Crippen molar-refractivity contribution in [3.05, 3.63) is 64.1 Å². The summed E-state index contributed by atoms with van der Waals surface area (Å²) in [5, 5.41) is 12.6. The van der Waals surface area contributed by atoms with Gasteiger partial charge in [-0.25, -0.2) is 14.2 Å². The maximum Gasteiger partial charge on any atom is 0.335 e. The Hall–Kier alpha value is -2.67. The lowest BCUT2D eigenvalue weighted by atomic mass is 9.96. The third-order valence-corrected chi connectivity index (χ3v) is 4.09. The van der Waals surface area contributed by atoms with E-state index in [-0.39, 0.29) is 10.6 Å². The molecule has 124 valence electrons. The van der Waals surface area contributed by atoms with Gasteiger partial charge in [-0.15, -0.1) is 0 Å². The van der Waals surface area contributed by atoms with Crippen LogP contribution in [0, 0.1) is 5.82 Å². The smallest absolute Gasteiger partial charge is 0.335 e. The van der Waals surface area contributed by atoms with Crippen molar-refractivity contribution in [2.75, 3.05) is 0 Å². The van der Waals surface area contributed by atoms with Crippen LogP contribution in [0.15, 0.2) is 46.9 Å². The Balaban J connectivity index is 2.16. The number of nitrogens with one attached hydrogen (secondary N) is 1. The highest BCUT2D eigenvalue weighted by atomic mass is 35.5. The largest absolute Gasteiger partial charge is 0.478 e. The highest BCUT2D eigenvalue weighted by Gasteiger charge is 2.31. The fourth-order valence-electron chi connectivity index (χ4n) is 2.61. The van der Waals surface area contributed by atoms with Gasteiger partial charge in [-0.2, -0.15) is 0 Å². The van der Waals surface area contributed by atoms with Gasteiger partial charge < -0.3 is 15.0 Å². The summed E-state index contributed by atoms with van der Waals surface area (Å²) < 4.78 is 15.1. The number of aryl methyl sites for hydroxylation is 1. The average molecular weight is 349 g/mol. The molecule has 2 N–H and O–H groups in total. The molecule has 0 aliphatic carbocycles. The standard InChI is InChI=1S/C16H14ClFN4O2/c1-8-12(16(23)24)13(10-4-3-9(18)7-11(10)17)21-14(20-8)15-19-5-6-22(15)2/h3-7,13H,1-2H3,(H,20,21)(H,23,24). The first-order valence-corrected chi connectivity index (χ1v) is 7.48. The number of hydrogen-bond donors (Lipinski definition) is 2. The first-order chi connectivity index (χ1) is 11.4. The minimum Gasteiger partial charge on any atom is -0.478 e. The predicted octanol–water partition coefficient (Wildman–Crippen LogP) is 2.66. The van der Waals surface area contributed by atoms with Crippen LogP contribution < -0.4 is 5.32 Å². The second-order valence-electron chi connectivity index (χ2n) is 5.38. The van der Waals surface area contributed by atoms with Crippen molar-refractivity contribution in [2.45, 2.75) is 13.0 Å². The number of amidine groups is 1. The van der Waals surface area contributed by atoms with E-state index in [0.29, 0.717) is 22.9 Å². The van der Waals surface area contributed by atoms with E-state index in [4.69, 9.17) is 11.6 Å². The number of imidazole rings is 1. The van der Waals surface area contributed by atoms with Crippen LogP contribution in [0.5, 0.6) is 0 Å². The molecule has 24 heavy (non-hydrogen) atoms. The molecule has 2 aromatic rings. The van der Waals surface area contributed by atoms with Crippen molar-refractivity contribution >= 4 is 23.4 Å². The average Bonchev–Trinajstić information content (AvgIpc) is 2.92. The molecule has 1 aliphatic heterocycles. The summed E-state index contributed by atoms with van der Waals surface area (Å²) in [6.45, 7) is 1.64. The minimum absolute atomic E-state index is 0.0569. The Kier molecular flexibility index (Phi) is 4.11. The number of aliphatic imine (C=N–C) groups is 1. The molecule has 1 atom stereocenters. The lowest BCUT2D eigenvalue weighted by Crippen LogP contribution is -2.33. The van der Waals surface area contributed by atoms with Crippen LogP contribution in [0.1, 0.15) is 24.4 Å². The molecule has 1 unspecified atom stereocenters. The van der Waals surface area contributed by atoms with Crippen molar-refractivity contribution in [1.29, 1.82) is 0 Å². The molecule has 0 spiro atoms. The van der Waals surface area contributed by atoms with Crippen LogP contribution in [0.4, 0.5) is 4.39 Å². The number of allylic oxidation sites excluding steroid dienone is 1. The molecule has 0 saturated heterocycles. The highest BCUT2D eigenvalue weighted by Crippen LogP contribution is 2.35. The van der Waals surface area contributed by atoms with E-state index in [0.717, 1.165) is 6.07 Å². The van der Waals surface area contributed by atoms with Crippen LogP contribution in [0.25, 0.3) is 0 Å². The monoisotopic (exact) mass is 348 g/mol. The number of nitrogens with zero attached hydrogens (tertiary/aromatic N) is 3. The molecule has 0 fully saturated rings. The maximum atomic E-state index is 13.3. The van der Waals surface area contributed by atoms with Gasteiger partial charge in [0.25, 0.3) is 0 Å². The van der Waals surface area contributed by atoms with Crippen molar-refractivity contribution in [3.8, 4) is 0 Å². The quantitative estimate of drug-likeness (QED) is 0.893. The van der Waals surface area contributed by atoms with E-state index in [1.165, 1.54) is 12.1 Å². The second kappa shape index (κ2) is 6.09. The first-order valence-electron chi connectivity index (χ1n) is 7.10. The summed E-state index contributed by atoms with van der Waals surface area (Å²) in [6, 6.07) is 2.96. The molecule has 0 radical (unpaired) electrons. The molecule has 1 aromatic carbocycles. The van der Waals surface area contributed by atoms with Gasteiger partial charge in [0, 0.05) is 35.7 Å². The molecule has 8 heteroatoms. The fourth-order valence-corrected chi connectivity index (χ4v) is 2.88. The zero-order valence-corrected chi connectivity index (χ0v) is 13.7. The third-order valence-electron chi connectivity index (χ3n) is 3.76. The summed E-state index contributed by atoms with van der Waals surface area (Å²) in [7, 11) is 1.80. The predicted molar refractivity (Wildman–Crippen MR) is 87.4 cm³/mol. The van der Waals surface area contributed by atoms with Gasteiger partial charge in [-0.3, -0.25) is 4.99 Å². The summed E-state index contributed by atoms with van der Waals surface area (Å²) in [5.74, 6) is -0.631. The van der Waals surface area contributed by atoms with Crippen molar-refractivity contribution in [2.24, 2.45) is 12.0 Å². The topological polar surface area (TPSA) is 79.5 Å². The zero-order chi connectivity index (χ0) is 17.4. The van der Waals surface area contributed by atoms with Gasteiger partial charge in [-0.05, 0) is 19.1 Å². The van der Waals surface area contributed by atoms with Crippen LogP contribution in [-0.4, -0.2) is 26.5 Å². The Morgan fingerprint density at radius 1 is 1.46 bits per heavy atom. The van der Waals surface area contributed by atoms with Crippen LogP contribution in [-0.2, 0) is 11.8 Å². The van der Waals surface area contributed by atoms with Crippen LogP contribution >= 0.6 is 11.6 Å². The van der Waals surface area contributed by atoms with E-state index < -0.39 is 17.8 Å². The summed E-state index contributed by atoms with van der Waals surface area (Å²) in [4.78, 5) is 20.4. The van der Waals surface area contributed by atoms with E-state index >= 15 is 0 Å². The zero-order valence-electron chi connectivity index (χ0n) is 12.9. The molecular formula is C16H14ClFN4O2. The number of aliphatic carboxylic acids is 1. The van der Waals surface area contributed by atoms with E-state index in [1.54, 1.807) is 30.9 Å². The third kappa shape index (κ3) is 2.78. The van der Waals surface area contributed by atoms with E-state index in [9.17, 15) is 14.3 Å². The van der Waals surface area contributed by atoms with Gasteiger partial charge in [0.1, 0.15) is 11.9 Å². The van der Waals surface area contributed by atoms with Crippen LogP contribution in [0.3, 0.4) is 0 Å². The maximum absolute atomic E-state index is 13.3. The van der Waals surface area contributed by atoms with Gasteiger partial charge in [-0.1, -0.05) is 17.7 Å². The Morgan fingerprint density at radius 2 is 2.21 bits per heavy atom. The number of carboxylic acid groups (broad SMARTS) is 1. The molecule has 2 heterocycles. The number of carboxylic acids is 1. The molecule has 6 nitrogen and oxygen atoms in total. The number of carbonyl (C=O) groups is 1. The number of hydrogen-bond acceptors (Lipinski definition) is 4. The highest BCUT2D eigenvalue weighted by molar-refractivity contribution is 6.31. The molecule has 3 rings (SSSR count). The molecular weight excluding hydrogens is 335 g/mol. The SMILES string of the molecule is CC1=C(C(=O)O)C(c2ccc(F)cc2Cl)N=C(c2nccn2C)N1. The first kappa shape index (κ1) is 16.2. The summed E-state index contributed by atoms with van der Waals surface area (Å²) in [6.07, 6.45) is 3.37. The number of halogens is 2. The Labute approximate surface area is 142 Å². The molecule has 0 saturated carbocycles. The lowest BCUT2D eigenvalue weighted by molar-refractivity contribution is -0.133. The number of benzene rings is 1. The van der Waals surface area contributed by atoms with Gasteiger partial charge in [0.2, 0.25) is 0 Å². The van der Waals surface area contributed by atoms with E-state index in [2.05, 4.69) is 15.3 Å². The summed E-state index contributed by atoms with van der Waals surface area (Å²) in [5.41, 5.74) is 0.908. The minimum atomic E-state index is -1.12. The molecule has 1 aromatic heterocycles. The van der Waals surface area contributed by atoms with E-state index in [1.807, 2.05) is 0 Å². The second-order valence-corrected chi connectivity index (χ2v) is 5.78. The fraction of sp³-hybridized carbons (Fsp3) is 0.188. The molecule has 1 aliphatic rings. The number of rotatable bonds is 3. The molecule has 0 bridgehead atoms. The Bertz CT molecular complexity index is 888. The van der Waals surface area contributed by atoms with Gasteiger partial charge in [0.15, 0.2) is 11.7 Å². The molecule has 0 amide bonds. The summed E-state index contributed by atoms with van der Waals surface area (Å²) >= 11 is 6.12. The lowest BCUT2D eigenvalue weighted by Gasteiger charge is -2.25. The van der Waals surface area contributed by atoms with Crippen molar-refractivity contribution in [3.63, 3.8) is 0 Å². The van der Waals surface area contributed by atoms with Crippen molar-refractivity contribution in [1.82, 2.24) is 14.9 Å².